The van der Waals surface area contributed by atoms with Crippen molar-refractivity contribution in [3.63, 3.8) is 0 Å². The van der Waals surface area contributed by atoms with E-state index in [4.69, 9.17) is 11.6 Å². The second-order valence-electron chi connectivity index (χ2n) is 5.35. The lowest BCUT2D eigenvalue weighted by molar-refractivity contribution is -0.127. The molecule has 4 heteroatoms. The van der Waals surface area contributed by atoms with Crippen molar-refractivity contribution in [2.75, 3.05) is 13.6 Å². The minimum Gasteiger partial charge on any atom is -0.389 e. The van der Waals surface area contributed by atoms with E-state index in [-0.39, 0.29) is 12.5 Å². The van der Waals surface area contributed by atoms with Crippen LogP contribution in [0.2, 0.25) is 5.02 Å². The summed E-state index contributed by atoms with van der Waals surface area (Å²) in [6.45, 7) is 5.55. The Labute approximate surface area is 119 Å². The zero-order chi connectivity index (χ0) is 14.6. The predicted molar refractivity (Wildman–Crippen MR) is 79.2 cm³/mol. The van der Waals surface area contributed by atoms with Crippen LogP contribution in [0.4, 0.5) is 0 Å². The molecule has 1 rings (SSSR count). The summed E-state index contributed by atoms with van der Waals surface area (Å²) in [6.07, 6.45) is 3.20. The van der Waals surface area contributed by atoms with Crippen molar-refractivity contribution in [3.8, 4) is 0 Å². The van der Waals surface area contributed by atoms with Crippen LogP contribution in [-0.2, 0) is 4.79 Å². The number of benzene rings is 1. The molecular formula is C15H20ClNO2. The van der Waals surface area contributed by atoms with Crippen LogP contribution in [0.25, 0.3) is 6.08 Å². The van der Waals surface area contributed by atoms with E-state index in [0.717, 1.165) is 11.1 Å². The highest BCUT2D eigenvalue weighted by molar-refractivity contribution is 6.31. The minimum atomic E-state index is -0.897. The molecule has 1 aromatic rings. The van der Waals surface area contributed by atoms with E-state index in [9.17, 15) is 9.90 Å². The molecule has 1 N–H and O–H groups in total. The van der Waals surface area contributed by atoms with Gasteiger partial charge in [-0.3, -0.25) is 4.79 Å². The third kappa shape index (κ3) is 5.45. The molecule has 3 nitrogen and oxygen atoms in total. The molecule has 1 aromatic carbocycles. The molecule has 19 heavy (non-hydrogen) atoms. The van der Waals surface area contributed by atoms with Crippen molar-refractivity contribution in [1.82, 2.24) is 4.90 Å². The maximum absolute atomic E-state index is 11.8. The molecule has 0 bridgehead atoms. The van der Waals surface area contributed by atoms with Crippen LogP contribution >= 0.6 is 11.6 Å². The molecule has 0 unspecified atom stereocenters. The second-order valence-corrected chi connectivity index (χ2v) is 5.76. The Kier molecular flexibility index (Phi) is 5.15. The third-order valence-electron chi connectivity index (χ3n) is 2.61. The third-order valence-corrected chi connectivity index (χ3v) is 3.02. The Hall–Kier alpha value is -1.32. The summed E-state index contributed by atoms with van der Waals surface area (Å²) in [5.41, 5.74) is 0.982. The largest absolute Gasteiger partial charge is 0.389 e. The van der Waals surface area contributed by atoms with E-state index in [1.54, 1.807) is 27.0 Å². The van der Waals surface area contributed by atoms with Crippen LogP contribution in [0.3, 0.4) is 0 Å². The van der Waals surface area contributed by atoms with Gasteiger partial charge < -0.3 is 10.0 Å². The first-order valence-corrected chi connectivity index (χ1v) is 6.48. The highest BCUT2D eigenvalue weighted by atomic mass is 35.5. The van der Waals surface area contributed by atoms with Crippen LogP contribution in [0.5, 0.6) is 0 Å². The van der Waals surface area contributed by atoms with E-state index < -0.39 is 5.60 Å². The van der Waals surface area contributed by atoms with Gasteiger partial charge in [0.25, 0.3) is 0 Å². The lowest BCUT2D eigenvalue weighted by Gasteiger charge is -2.24. The average molecular weight is 282 g/mol. The number of aliphatic hydroxyl groups is 1. The summed E-state index contributed by atoms with van der Waals surface area (Å²) >= 11 is 6.02. The van der Waals surface area contributed by atoms with Gasteiger partial charge >= 0.3 is 0 Å². The minimum absolute atomic E-state index is 0.154. The zero-order valence-electron chi connectivity index (χ0n) is 11.8. The highest BCUT2D eigenvalue weighted by Gasteiger charge is 2.17. The fraction of sp³-hybridized carbons (Fsp3) is 0.400. The lowest BCUT2D eigenvalue weighted by atomic mass is 10.1. The van der Waals surface area contributed by atoms with Crippen molar-refractivity contribution < 1.29 is 9.90 Å². The first-order valence-electron chi connectivity index (χ1n) is 6.11. The first-order chi connectivity index (χ1) is 8.69. The molecule has 0 aromatic heterocycles. The summed E-state index contributed by atoms with van der Waals surface area (Å²) in [5.74, 6) is -0.154. The van der Waals surface area contributed by atoms with Gasteiger partial charge in [0.1, 0.15) is 0 Å². The molecule has 0 aliphatic carbocycles. The van der Waals surface area contributed by atoms with Crippen LogP contribution < -0.4 is 0 Å². The topological polar surface area (TPSA) is 40.5 Å². The molecule has 0 spiro atoms. The summed E-state index contributed by atoms with van der Waals surface area (Å²) in [7, 11) is 1.66. The number of carbonyl (C=O) groups excluding carboxylic acids is 1. The molecule has 0 saturated carbocycles. The number of carbonyl (C=O) groups is 1. The molecule has 0 aliphatic rings. The number of aryl methyl sites for hydroxylation is 1. The normalized spacial score (nSPS) is 11.9. The maximum atomic E-state index is 11.8. The van der Waals surface area contributed by atoms with Crippen LogP contribution in [-0.4, -0.2) is 35.1 Å². The molecular weight excluding hydrogens is 262 g/mol. The fourth-order valence-electron chi connectivity index (χ4n) is 1.67. The molecule has 1 amide bonds. The smallest absolute Gasteiger partial charge is 0.246 e. The van der Waals surface area contributed by atoms with Gasteiger partial charge in [0.05, 0.1) is 5.60 Å². The van der Waals surface area contributed by atoms with Crippen molar-refractivity contribution in [3.05, 3.63) is 40.4 Å². The van der Waals surface area contributed by atoms with Crippen molar-refractivity contribution in [2.24, 2.45) is 0 Å². The van der Waals surface area contributed by atoms with Gasteiger partial charge in [-0.05, 0) is 44.0 Å². The van der Waals surface area contributed by atoms with E-state index in [0.29, 0.717) is 5.02 Å². The average Bonchev–Trinajstić information content (AvgIpc) is 2.28. The lowest BCUT2D eigenvalue weighted by Crippen LogP contribution is -2.38. The molecule has 104 valence electrons. The number of halogens is 1. The summed E-state index contributed by atoms with van der Waals surface area (Å²) in [5, 5.41) is 10.3. The van der Waals surface area contributed by atoms with E-state index in [1.165, 1.54) is 11.0 Å². The van der Waals surface area contributed by atoms with Gasteiger partial charge in [-0.1, -0.05) is 23.7 Å². The first kappa shape index (κ1) is 15.7. The summed E-state index contributed by atoms with van der Waals surface area (Å²) in [6, 6.07) is 5.63. The quantitative estimate of drug-likeness (QED) is 0.862. The Morgan fingerprint density at radius 2 is 2.11 bits per heavy atom. The number of hydrogen-bond donors (Lipinski definition) is 1. The monoisotopic (exact) mass is 281 g/mol. The van der Waals surface area contributed by atoms with E-state index >= 15 is 0 Å². The van der Waals surface area contributed by atoms with Crippen molar-refractivity contribution >= 4 is 23.6 Å². The molecule has 0 heterocycles. The SMILES string of the molecule is Cc1ccc(/C=C/C(=O)N(C)CC(C)(C)O)cc1Cl. The Bertz CT molecular complexity index is 489. The Morgan fingerprint density at radius 3 is 2.63 bits per heavy atom. The predicted octanol–water partition coefficient (Wildman–Crippen LogP) is 2.89. The molecule has 0 atom stereocenters. The standard InChI is InChI=1S/C15H20ClNO2/c1-11-5-6-12(9-13(11)16)7-8-14(18)17(4)10-15(2,3)19/h5-9,19H,10H2,1-4H3/b8-7+. The number of nitrogens with zero attached hydrogens (tertiary/aromatic N) is 1. The van der Waals surface area contributed by atoms with Crippen molar-refractivity contribution in [2.45, 2.75) is 26.4 Å². The number of amides is 1. The Balaban J connectivity index is 2.70. The van der Waals surface area contributed by atoms with Gasteiger partial charge in [0.15, 0.2) is 0 Å². The summed E-state index contributed by atoms with van der Waals surface area (Å²) < 4.78 is 0. The number of likely N-dealkylation sites (N-methyl/N-ethyl adjacent to an activating group) is 1. The van der Waals surface area contributed by atoms with Crippen LogP contribution in [0.15, 0.2) is 24.3 Å². The van der Waals surface area contributed by atoms with Crippen LogP contribution in [0, 0.1) is 6.92 Å². The molecule has 0 fully saturated rings. The Morgan fingerprint density at radius 1 is 1.47 bits per heavy atom. The van der Waals surface area contributed by atoms with E-state index in [2.05, 4.69) is 0 Å². The van der Waals surface area contributed by atoms with Crippen LogP contribution in [0.1, 0.15) is 25.0 Å². The van der Waals surface area contributed by atoms with Crippen molar-refractivity contribution in [1.29, 1.82) is 0 Å². The van der Waals surface area contributed by atoms with Gasteiger partial charge in [0.2, 0.25) is 5.91 Å². The maximum Gasteiger partial charge on any atom is 0.246 e. The molecule has 0 saturated heterocycles. The van der Waals surface area contributed by atoms with E-state index in [1.807, 2.05) is 25.1 Å². The van der Waals surface area contributed by atoms with Gasteiger partial charge in [-0.25, -0.2) is 0 Å². The number of rotatable bonds is 4. The molecule has 0 aliphatic heterocycles. The van der Waals surface area contributed by atoms with Gasteiger partial charge in [0, 0.05) is 24.7 Å². The van der Waals surface area contributed by atoms with Gasteiger partial charge in [-0.2, -0.15) is 0 Å². The fourth-order valence-corrected chi connectivity index (χ4v) is 1.85. The summed E-state index contributed by atoms with van der Waals surface area (Å²) in [4.78, 5) is 13.3. The molecule has 0 radical (unpaired) electrons. The van der Waals surface area contributed by atoms with Gasteiger partial charge in [-0.15, -0.1) is 0 Å². The zero-order valence-corrected chi connectivity index (χ0v) is 12.5. The number of hydrogen-bond acceptors (Lipinski definition) is 2. The second kappa shape index (κ2) is 6.22. The highest BCUT2D eigenvalue weighted by Crippen LogP contribution is 2.17.